The van der Waals surface area contributed by atoms with E-state index in [1.165, 1.54) is 12.3 Å². The molecule has 0 aliphatic heterocycles. The van der Waals surface area contributed by atoms with E-state index in [1.54, 1.807) is 13.0 Å². The highest BCUT2D eigenvalue weighted by Gasteiger charge is 2.38. The molecule has 0 aliphatic carbocycles. The minimum Gasteiger partial charge on any atom is -0.256 e. The molecule has 0 saturated heterocycles. The predicted molar refractivity (Wildman–Crippen MR) is 64.4 cm³/mol. The van der Waals surface area contributed by atoms with Crippen LogP contribution in [0.25, 0.3) is 11.3 Å². The van der Waals surface area contributed by atoms with Crippen molar-refractivity contribution in [2.24, 2.45) is 0 Å². The van der Waals surface area contributed by atoms with Crippen LogP contribution in [0.15, 0.2) is 36.5 Å². The highest BCUT2D eigenvalue weighted by molar-refractivity contribution is 5.65. The summed E-state index contributed by atoms with van der Waals surface area (Å²) in [6.45, 7) is 1.66. The molecule has 0 unspecified atom stereocenters. The first-order valence-electron chi connectivity index (χ1n) is 5.80. The van der Waals surface area contributed by atoms with Crippen molar-refractivity contribution in [2.45, 2.75) is 19.3 Å². The molecule has 0 atom stereocenters. The van der Waals surface area contributed by atoms with E-state index >= 15 is 0 Å². The number of hydrogen-bond donors (Lipinski definition) is 0. The molecule has 0 aliphatic rings. The van der Waals surface area contributed by atoms with Gasteiger partial charge in [0.2, 0.25) is 0 Å². The second-order valence-electron chi connectivity index (χ2n) is 4.47. The molecule has 0 spiro atoms. The maximum Gasteiger partial charge on any atom is 0.417 e. The van der Waals surface area contributed by atoms with Crippen molar-refractivity contribution in [2.75, 3.05) is 0 Å². The van der Waals surface area contributed by atoms with Gasteiger partial charge in [-0.2, -0.15) is 26.3 Å². The summed E-state index contributed by atoms with van der Waals surface area (Å²) in [5.74, 6) is 0. The second-order valence-corrected chi connectivity index (χ2v) is 4.47. The number of pyridine rings is 1. The number of nitrogens with zero attached hydrogens (tertiary/aromatic N) is 1. The average Bonchev–Trinajstić information content (AvgIpc) is 2.36. The van der Waals surface area contributed by atoms with Crippen LogP contribution in [0.2, 0.25) is 0 Å². The first-order chi connectivity index (χ1) is 9.59. The number of aromatic nitrogens is 1. The standard InChI is InChI=1S/C14H9F6N/c1-8-4-5-21-12(6-8)10-3-2-9(13(15,16)17)7-11(10)14(18,19)20/h2-7H,1H3. The van der Waals surface area contributed by atoms with Gasteiger partial charge >= 0.3 is 12.4 Å². The monoisotopic (exact) mass is 305 g/mol. The van der Waals surface area contributed by atoms with Gasteiger partial charge in [0.05, 0.1) is 16.8 Å². The minimum absolute atomic E-state index is 0.0175. The van der Waals surface area contributed by atoms with Crippen LogP contribution in [0.3, 0.4) is 0 Å². The third kappa shape index (κ3) is 3.34. The van der Waals surface area contributed by atoms with Gasteiger partial charge in [-0.05, 0) is 36.8 Å². The summed E-state index contributed by atoms with van der Waals surface area (Å²) in [7, 11) is 0. The zero-order chi connectivity index (χ0) is 15.8. The summed E-state index contributed by atoms with van der Waals surface area (Å²) < 4.78 is 76.7. The molecule has 2 aromatic rings. The van der Waals surface area contributed by atoms with Crippen molar-refractivity contribution in [3.8, 4) is 11.3 Å². The fourth-order valence-corrected chi connectivity index (χ4v) is 1.86. The molecule has 0 amide bonds. The number of hydrogen-bond acceptors (Lipinski definition) is 1. The quantitative estimate of drug-likeness (QED) is 0.668. The Morgan fingerprint density at radius 1 is 0.857 bits per heavy atom. The lowest BCUT2D eigenvalue weighted by Gasteiger charge is -2.15. The molecule has 0 fully saturated rings. The molecule has 1 aromatic heterocycles. The zero-order valence-corrected chi connectivity index (χ0v) is 10.7. The van der Waals surface area contributed by atoms with Gasteiger partial charge in [-0.25, -0.2) is 0 Å². The zero-order valence-electron chi connectivity index (χ0n) is 10.7. The Bertz CT molecular complexity index is 657. The molecule has 1 aromatic carbocycles. The first kappa shape index (κ1) is 15.3. The summed E-state index contributed by atoms with van der Waals surface area (Å²) in [6.07, 6.45) is -8.43. The SMILES string of the molecule is Cc1ccnc(-c2ccc(C(F)(F)F)cc2C(F)(F)F)c1. The van der Waals surface area contributed by atoms with Gasteiger partial charge in [0.1, 0.15) is 0 Å². The van der Waals surface area contributed by atoms with E-state index in [0.717, 1.165) is 6.07 Å². The Balaban J connectivity index is 2.67. The molecule has 1 nitrogen and oxygen atoms in total. The summed E-state index contributed by atoms with van der Waals surface area (Å²) in [5.41, 5.74) is -2.43. The number of alkyl halides is 6. The first-order valence-corrected chi connectivity index (χ1v) is 5.80. The molecule has 21 heavy (non-hydrogen) atoms. The maximum atomic E-state index is 13.0. The second kappa shape index (κ2) is 5.05. The van der Waals surface area contributed by atoms with E-state index in [2.05, 4.69) is 4.98 Å². The van der Waals surface area contributed by atoms with Crippen LogP contribution in [-0.4, -0.2) is 4.98 Å². The molecule has 112 valence electrons. The molecule has 2 rings (SSSR count). The van der Waals surface area contributed by atoms with Crippen LogP contribution in [-0.2, 0) is 12.4 Å². The third-order valence-corrected chi connectivity index (χ3v) is 2.84. The normalized spacial score (nSPS) is 12.5. The van der Waals surface area contributed by atoms with E-state index in [1.807, 2.05) is 0 Å². The molecular formula is C14H9F6N. The van der Waals surface area contributed by atoms with Gasteiger partial charge < -0.3 is 0 Å². The highest BCUT2D eigenvalue weighted by atomic mass is 19.4. The molecule has 0 bridgehead atoms. The number of benzene rings is 1. The summed E-state index contributed by atoms with van der Waals surface area (Å²) >= 11 is 0. The molecule has 0 N–H and O–H groups in total. The van der Waals surface area contributed by atoms with Gasteiger partial charge in [-0.15, -0.1) is 0 Å². The summed E-state index contributed by atoms with van der Waals surface area (Å²) in [6, 6.07) is 4.50. The van der Waals surface area contributed by atoms with E-state index in [4.69, 9.17) is 0 Å². The van der Waals surface area contributed by atoms with Crippen molar-refractivity contribution in [3.63, 3.8) is 0 Å². The molecular weight excluding hydrogens is 296 g/mol. The number of aryl methyl sites for hydroxylation is 1. The molecule has 1 heterocycles. The summed E-state index contributed by atoms with van der Waals surface area (Å²) in [5, 5.41) is 0. The predicted octanol–water partition coefficient (Wildman–Crippen LogP) is 5.09. The fraction of sp³-hybridized carbons (Fsp3) is 0.214. The lowest BCUT2D eigenvalue weighted by atomic mass is 9.99. The van der Waals surface area contributed by atoms with Crippen LogP contribution >= 0.6 is 0 Å². The Morgan fingerprint density at radius 2 is 1.52 bits per heavy atom. The Labute approximate surface area is 116 Å². The Kier molecular flexibility index (Phi) is 3.69. The van der Waals surface area contributed by atoms with Crippen LogP contribution in [0.4, 0.5) is 26.3 Å². The van der Waals surface area contributed by atoms with Gasteiger partial charge in [0, 0.05) is 11.8 Å². The maximum absolute atomic E-state index is 13.0. The van der Waals surface area contributed by atoms with E-state index in [-0.39, 0.29) is 17.3 Å². The Hall–Kier alpha value is -2.05. The topological polar surface area (TPSA) is 12.9 Å². The largest absolute Gasteiger partial charge is 0.417 e. The van der Waals surface area contributed by atoms with Crippen LogP contribution in [0, 0.1) is 6.92 Å². The van der Waals surface area contributed by atoms with Gasteiger partial charge in [-0.1, -0.05) is 6.07 Å². The van der Waals surface area contributed by atoms with E-state index < -0.39 is 23.5 Å². The van der Waals surface area contributed by atoms with Crippen molar-refractivity contribution in [3.05, 3.63) is 53.2 Å². The van der Waals surface area contributed by atoms with Gasteiger partial charge in [-0.3, -0.25) is 4.98 Å². The number of halogens is 6. The average molecular weight is 305 g/mol. The van der Waals surface area contributed by atoms with Gasteiger partial charge in [0.25, 0.3) is 0 Å². The van der Waals surface area contributed by atoms with Crippen molar-refractivity contribution in [1.82, 2.24) is 4.98 Å². The van der Waals surface area contributed by atoms with Crippen LogP contribution in [0.5, 0.6) is 0 Å². The fourth-order valence-electron chi connectivity index (χ4n) is 1.86. The van der Waals surface area contributed by atoms with Crippen molar-refractivity contribution < 1.29 is 26.3 Å². The minimum atomic E-state index is -4.90. The highest BCUT2D eigenvalue weighted by Crippen LogP contribution is 2.40. The molecule has 7 heteroatoms. The van der Waals surface area contributed by atoms with E-state index in [0.29, 0.717) is 11.6 Å². The third-order valence-electron chi connectivity index (χ3n) is 2.84. The van der Waals surface area contributed by atoms with Gasteiger partial charge in [0.15, 0.2) is 0 Å². The van der Waals surface area contributed by atoms with Crippen molar-refractivity contribution in [1.29, 1.82) is 0 Å². The van der Waals surface area contributed by atoms with Crippen LogP contribution < -0.4 is 0 Å². The molecule has 0 saturated carbocycles. The smallest absolute Gasteiger partial charge is 0.256 e. The lowest BCUT2D eigenvalue weighted by molar-refractivity contribution is -0.142. The summed E-state index contributed by atoms with van der Waals surface area (Å²) in [4.78, 5) is 3.79. The lowest BCUT2D eigenvalue weighted by Crippen LogP contribution is -2.12. The van der Waals surface area contributed by atoms with E-state index in [9.17, 15) is 26.3 Å². The van der Waals surface area contributed by atoms with Crippen molar-refractivity contribution >= 4 is 0 Å². The Morgan fingerprint density at radius 3 is 2.05 bits per heavy atom. The molecule has 0 radical (unpaired) electrons. The number of rotatable bonds is 1. The van der Waals surface area contributed by atoms with Crippen LogP contribution in [0.1, 0.15) is 16.7 Å².